The van der Waals surface area contributed by atoms with Crippen molar-refractivity contribution in [3.05, 3.63) is 35.1 Å². The number of halogens is 1. The minimum absolute atomic E-state index is 0.0630. The minimum Gasteiger partial charge on any atom is -0.395 e. The van der Waals surface area contributed by atoms with E-state index in [1.54, 1.807) is 14.0 Å². The SMILES string of the molecule is COCC(C)NC(=O)c1ccc(C#CCCO)c(F)c1. The number of aliphatic hydroxyl groups excluding tert-OH is 1. The fraction of sp³-hybridized carbons (Fsp3) is 0.400. The van der Waals surface area contributed by atoms with Gasteiger partial charge in [0.25, 0.3) is 5.91 Å². The zero-order chi connectivity index (χ0) is 15.0. The monoisotopic (exact) mass is 279 g/mol. The van der Waals surface area contributed by atoms with E-state index in [4.69, 9.17) is 9.84 Å². The van der Waals surface area contributed by atoms with E-state index in [9.17, 15) is 9.18 Å². The Morgan fingerprint density at radius 2 is 2.30 bits per heavy atom. The molecule has 5 heteroatoms. The number of hydrogen-bond donors (Lipinski definition) is 2. The topological polar surface area (TPSA) is 58.6 Å². The van der Waals surface area contributed by atoms with Gasteiger partial charge in [-0.05, 0) is 25.1 Å². The highest BCUT2D eigenvalue weighted by atomic mass is 19.1. The summed E-state index contributed by atoms with van der Waals surface area (Å²) in [6, 6.07) is 3.97. The molecule has 0 bridgehead atoms. The lowest BCUT2D eigenvalue weighted by Gasteiger charge is -2.12. The van der Waals surface area contributed by atoms with Gasteiger partial charge in [0.2, 0.25) is 0 Å². The number of ether oxygens (including phenoxy) is 1. The molecule has 108 valence electrons. The van der Waals surface area contributed by atoms with Crippen molar-refractivity contribution < 1.29 is 19.0 Å². The first-order valence-electron chi connectivity index (χ1n) is 6.27. The number of carbonyl (C=O) groups excluding carboxylic acids is 1. The molecule has 0 radical (unpaired) electrons. The molecule has 0 spiro atoms. The first kappa shape index (κ1) is 16.2. The first-order chi connectivity index (χ1) is 9.58. The van der Waals surface area contributed by atoms with Crippen molar-refractivity contribution in [1.82, 2.24) is 5.32 Å². The van der Waals surface area contributed by atoms with Crippen LogP contribution in [0.25, 0.3) is 0 Å². The number of rotatable bonds is 5. The summed E-state index contributed by atoms with van der Waals surface area (Å²) in [7, 11) is 1.54. The van der Waals surface area contributed by atoms with Crippen LogP contribution in [0.1, 0.15) is 29.3 Å². The van der Waals surface area contributed by atoms with Gasteiger partial charge in [0.05, 0.1) is 18.8 Å². The lowest BCUT2D eigenvalue weighted by Crippen LogP contribution is -2.35. The molecule has 4 nitrogen and oxygen atoms in total. The molecule has 0 aliphatic carbocycles. The van der Waals surface area contributed by atoms with Crippen molar-refractivity contribution in [3.8, 4) is 11.8 Å². The van der Waals surface area contributed by atoms with E-state index in [2.05, 4.69) is 17.2 Å². The Labute approximate surface area is 117 Å². The van der Waals surface area contributed by atoms with Gasteiger partial charge in [-0.3, -0.25) is 4.79 Å². The van der Waals surface area contributed by atoms with Crippen LogP contribution in [0.2, 0.25) is 0 Å². The summed E-state index contributed by atoms with van der Waals surface area (Å²) in [5.74, 6) is 4.33. The Hall–Kier alpha value is -1.90. The van der Waals surface area contributed by atoms with E-state index in [-0.39, 0.29) is 36.1 Å². The molecular formula is C15H18FNO3. The minimum atomic E-state index is -0.553. The number of aliphatic hydroxyl groups is 1. The maximum absolute atomic E-state index is 13.8. The number of nitrogens with one attached hydrogen (secondary N) is 1. The zero-order valence-corrected chi connectivity index (χ0v) is 11.6. The van der Waals surface area contributed by atoms with E-state index in [1.807, 2.05) is 0 Å². The van der Waals surface area contributed by atoms with Gasteiger partial charge in [0.1, 0.15) is 5.82 Å². The molecule has 0 fully saturated rings. The Balaban J connectivity index is 2.77. The van der Waals surface area contributed by atoms with Crippen LogP contribution in [0.3, 0.4) is 0 Å². The molecule has 1 atom stereocenters. The average molecular weight is 279 g/mol. The van der Waals surface area contributed by atoms with Crippen molar-refractivity contribution in [2.45, 2.75) is 19.4 Å². The normalized spacial score (nSPS) is 11.4. The van der Waals surface area contributed by atoms with Crippen LogP contribution in [0.4, 0.5) is 4.39 Å². The molecule has 1 aromatic rings. The number of benzene rings is 1. The van der Waals surface area contributed by atoms with Crippen molar-refractivity contribution in [3.63, 3.8) is 0 Å². The van der Waals surface area contributed by atoms with Gasteiger partial charge < -0.3 is 15.2 Å². The Morgan fingerprint density at radius 3 is 2.90 bits per heavy atom. The van der Waals surface area contributed by atoms with Crippen molar-refractivity contribution in [1.29, 1.82) is 0 Å². The van der Waals surface area contributed by atoms with E-state index in [1.165, 1.54) is 12.1 Å². The van der Waals surface area contributed by atoms with Gasteiger partial charge >= 0.3 is 0 Å². The van der Waals surface area contributed by atoms with Gasteiger partial charge in [0, 0.05) is 25.1 Å². The van der Waals surface area contributed by atoms with Gasteiger partial charge in [-0.2, -0.15) is 0 Å². The molecule has 0 heterocycles. The first-order valence-corrected chi connectivity index (χ1v) is 6.27. The van der Waals surface area contributed by atoms with Gasteiger partial charge in [0.15, 0.2) is 0 Å². The number of methoxy groups -OCH3 is 1. The van der Waals surface area contributed by atoms with Crippen molar-refractivity contribution in [2.24, 2.45) is 0 Å². The van der Waals surface area contributed by atoms with E-state index < -0.39 is 5.82 Å². The Kier molecular flexibility index (Phi) is 6.71. The predicted molar refractivity (Wildman–Crippen MR) is 73.8 cm³/mol. The summed E-state index contributed by atoms with van der Waals surface area (Å²) in [6.45, 7) is 2.12. The second-order valence-electron chi connectivity index (χ2n) is 4.30. The maximum Gasteiger partial charge on any atom is 0.251 e. The average Bonchev–Trinajstić information content (AvgIpc) is 2.41. The maximum atomic E-state index is 13.8. The molecule has 1 aromatic carbocycles. The third-order valence-electron chi connectivity index (χ3n) is 2.49. The summed E-state index contributed by atoms with van der Waals surface area (Å²) in [6.07, 6.45) is 0.288. The molecule has 0 saturated carbocycles. The second kappa shape index (κ2) is 8.31. The highest BCUT2D eigenvalue weighted by Crippen LogP contribution is 2.10. The lowest BCUT2D eigenvalue weighted by atomic mass is 10.1. The summed E-state index contributed by atoms with van der Waals surface area (Å²) >= 11 is 0. The molecule has 1 unspecified atom stereocenters. The molecule has 2 N–H and O–H groups in total. The molecule has 0 aliphatic heterocycles. The molecule has 0 saturated heterocycles. The largest absolute Gasteiger partial charge is 0.395 e. The van der Waals surface area contributed by atoms with Gasteiger partial charge in [-0.15, -0.1) is 0 Å². The molecule has 0 aliphatic rings. The van der Waals surface area contributed by atoms with Crippen LogP contribution < -0.4 is 5.32 Å². The number of amides is 1. The Morgan fingerprint density at radius 1 is 1.55 bits per heavy atom. The molecule has 1 amide bonds. The van der Waals surface area contributed by atoms with Crippen molar-refractivity contribution in [2.75, 3.05) is 20.3 Å². The van der Waals surface area contributed by atoms with E-state index in [0.29, 0.717) is 6.61 Å². The highest BCUT2D eigenvalue weighted by molar-refractivity contribution is 5.94. The van der Waals surface area contributed by atoms with Crippen molar-refractivity contribution >= 4 is 5.91 Å². The third kappa shape index (κ3) is 5.00. The van der Waals surface area contributed by atoms with Crippen LogP contribution in [0, 0.1) is 17.7 Å². The van der Waals surface area contributed by atoms with Crippen LogP contribution in [-0.2, 0) is 4.74 Å². The summed E-state index contributed by atoms with van der Waals surface area (Å²) in [5, 5.41) is 11.3. The van der Waals surface area contributed by atoms with Gasteiger partial charge in [-0.25, -0.2) is 4.39 Å². The number of hydrogen-bond acceptors (Lipinski definition) is 3. The smallest absolute Gasteiger partial charge is 0.251 e. The second-order valence-corrected chi connectivity index (χ2v) is 4.30. The fourth-order valence-electron chi connectivity index (χ4n) is 1.57. The van der Waals surface area contributed by atoms with Crippen LogP contribution in [0.15, 0.2) is 18.2 Å². The zero-order valence-electron chi connectivity index (χ0n) is 11.6. The lowest BCUT2D eigenvalue weighted by molar-refractivity contribution is 0.0905. The highest BCUT2D eigenvalue weighted by Gasteiger charge is 2.11. The van der Waals surface area contributed by atoms with Crippen LogP contribution >= 0.6 is 0 Å². The fourth-order valence-corrected chi connectivity index (χ4v) is 1.57. The third-order valence-corrected chi connectivity index (χ3v) is 2.49. The van der Waals surface area contributed by atoms with E-state index >= 15 is 0 Å². The van der Waals surface area contributed by atoms with E-state index in [0.717, 1.165) is 6.07 Å². The molecule has 0 aromatic heterocycles. The quantitative estimate of drug-likeness (QED) is 0.799. The molecule has 20 heavy (non-hydrogen) atoms. The standard InChI is InChI=1S/C15H18FNO3/c1-11(10-20-2)17-15(19)13-7-6-12(14(16)9-13)5-3-4-8-18/h6-7,9,11,18H,4,8,10H2,1-2H3,(H,17,19). The van der Waals surface area contributed by atoms with Crippen LogP contribution in [-0.4, -0.2) is 37.4 Å². The molecular weight excluding hydrogens is 261 g/mol. The summed E-state index contributed by atoms with van der Waals surface area (Å²) in [4.78, 5) is 11.9. The van der Waals surface area contributed by atoms with Crippen LogP contribution in [0.5, 0.6) is 0 Å². The van der Waals surface area contributed by atoms with Gasteiger partial charge in [-0.1, -0.05) is 11.8 Å². The molecule has 1 rings (SSSR count). The summed E-state index contributed by atoms with van der Waals surface area (Å²) in [5.41, 5.74) is 0.443. The summed E-state index contributed by atoms with van der Waals surface area (Å²) < 4.78 is 18.7. The predicted octanol–water partition coefficient (Wildman–Crippen LogP) is 1.32. The Bertz CT molecular complexity index is 520. The number of carbonyl (C=O) groups is 1.